The van der Waals surface area contributed by atoms with Gasteiger partial charge in [0, 0.05) is 38.4 Å². The van der Waals surface area contributed by atoms with Gasteiger partial charge in [0.1, 0.15) is 5.82 Å². The fourth-order valence-corrected chi connectivity index (χ4v) is 3.05. The van der Waals surface area contributed by atoms with Gasteiger partial charge in [-0.1, -0.05) is 6.92 Å². The molecule has 24 heavy (non-hydrogen) atoms. The van der Waals surface area contributed by atoms with E-state index < -0.39 is 0 Å². The number of piperidine rings is 1. The van der Waals surface area contributed by atoms with Crippen LogP contribution in [0.25, 0.3) is 0 Å². The molecule has 0 N–H and O–H groups in total. The number of carbonyl (C=O) groups excluding carboxylic acids is 1. The van der Waals surface area contributed by atoms with Crippen LogP contribution in [0.4, 0.5) is 4.79 Å². The summed E-state index contributed by atoms with van der Waals surface area (Å²) in [7, 11) is 1.98. The van der Waals surface area contributed by atoms with Crippen LogP contribution in [0.2, 0.25) is 0 Å². The Morgan fingerprint density at radius 3 is 3.04 bits per heavy atom. The van der Waals surface area contributed by atoms with E-state index in [1.165, 1.54) is 0 Å². The van der Waals surface area contributed by atoms with Crippen molar-refractivity contribution in [3.8, 4) is 0 Å². The highest BCUT2D eigenvalue weighted by molar-refractivity contribution is 5.67. The fraction of sp³-hybridized carbons (Fsp3) is 0.625. The monoisotopic (exact) mass is 332 g/mol. The average Bonchev–Trinajstić information content (AvgIpc) is 3.24. The molecular weight excluding hydrogens is 308 g/mol. The average molecular weight is 332 g/mol. The number of aromatic nitrogens is 5. The number of ether oxygens (including phenoxy) is 1. The summed E-state index contributed by atoms with van der Waals surface area (Å²) >= 11 is 0. The van der Waals surface area contributed by atoms with Crippen LogP contribution in [0.3, 0.4) is 0 Å². The normalized spacial score (nSPS) is 17.9. The molecule has 0 spiro atoms. The van der Waals surface area contributed by atoms with E-state index in [1.807, 2.05) is 29.3 Å². The Morgan fingerprint density at radius 1 is 1.42 bits per heavy atom. The summed E-state index contributed by atoms with van der Waals surface area (Å²) in [6.45, 7) is 4.49. The van der Waals surface area contributed by atoms with E-state index >= 15 is 0 Å². The van der Waals surface area contributed by atoms with E-state index in [0.717, 1.165) is 37.5 Å². The zero-order chi connectivity index (χ0) is 16.9. The second-order valence-corrected chi connectivity index (χ2v) is 6.17. The molecule has 130 valence electrons. The molecular formula is C16H24N6O2. The molecule has 0 bridgehead atoms. The number of hydrogen-bond donors (Lipinski definition) is 0. The summed E-state index contributed by atoms with van der Waals surface area (Å²) in [4.78, 5) is 17.9. The SMILES string of the molecule is CCCOC(=O)N1CCCC(c2nnc(Cn3ccnc3)n2C)C1. The van der Waals surface area contributed by atoms with Gasteiger partial charge in [-0.25, -0.2) is 9.78 Å². The Hall–Kier alpha value is -2.38. The molecule has 0 radical (unpaired) electrons. The van der Waals surface area contributed by atoms with Crippen LogP contribution in [-0.4, -0.2) is 55.0 Å². The van der Waals surface area contributed by atoms with Crippen molar-refractivity contribution < 1.29 is 9.53 Å². The highest BCUT2D eigenvalue weighted by Gasteiger charge is 2.29. The third-order valence-electron chi connectivity index (χ3n) is 4.36. The smallest absolute Gasteiger partial charge is 0.409 e. The van der Waals surface area contributed by atoms with Crippen LogP contribution in [0.5, 0.6) is 0 Å². The topological polar surface area (TPSA) is 78.1 Å². The quantitative estimate of drug-likeness (QED) is 0.834. The van der Waals surface area contributed by atoms with E-state index in [1.54, 1.807) is 17.4 Å². The van der Waals surface area contributed by atoms with E-state index in [0.29, 0.717) is 19.7 Å². The number of nitrogens with zero attached hydrogens (tertiary/aromatic N) is 6. The third-order valence-corrected chi connectivity index (χ3v) is 4.36. The summed E-state index contributed by atoms with van der Waals surface area (Å²) in [6.07, 6.45) is 8.00. The molecule has 0 aliphatic carbocycles. The zero-order valence-corrected chi connectivity index (χ0v) is 14.3. The first kappa shape index (κ1) is 16.5. The minimum Gasteiger partial charge on any atom is -0.449 e. The lowest BCUT2D eigenvalue weighted by atomic mass is 9.97. The Kier molecular flexibility index (Phi) is 5.12. The van der Waals surface area contributed by atoms with Crippen LogP contribution >= 0.6 is 0 Å². The largest absolute Gasteiger partial charge is 0.449 e. The number of carbonyl (C=O) groups is 1. The van der Waals surface area contributed by atoms with Gasteiger partial charge in [0.25, 0.3) is 0 Å². The van der Waals surface area contributed by atoms with Crippen molar-refractivity contribution in [3.63, 3.8) is 0 Å². The molecule has 1 atom stereocenters. The van der Waals surface area contributed by atoms with Crippen molar-refractivity contribution in [2.75, 3.05) is 19.7 Å². The van der Waals surface area contributed by atoms with E-state index in [-0.39, 0.29) is 12.0 Å². The molecule has 0 saturated carbocycles. The van der Waals surface area contributed by atoms with Crippen LogP contribution in [0.15, 0.2) is 18.7 Å². The number of likely N-dealkylation sites (tertiary alicyclic amines) is 1. The van der Waals surface area contributed by atoms with Crippen molar-refractivity contribution in [2.45, 2.75) is 38.6 Å². The molecule has 1 saturated heterocycles. The number of rotatable bonds is 5. The van der Waals surface area contributed by atoms with Gasteiger partial charge in [-0.05, 0) is 19.3 Å². The van der Waals surface area contributed by atoms with Crippen LogP contribution in [-0.2, 0) is 18.3 Å². The summed E-state index contributed by atoms with van der Waals surface area (Å²) < 4.78 is 9.25. The number of hydrogen-bond acceptors (Lipinski definition) is 5. The standard InChI is InChI=1S/C16H24N6O2/c1-3-9-24-16(23)22-7-4-5-13(10-22)15-19-18-14(20(15)2)11-21-8-6-17-12-21/h6,8,12-13H,3-5,7,9-11H2,1-2H3. The molecule has 1 aliphatic rings. The lowest BCUT2D eigenvalue weighted by Crippen LogP contribution is -2.40. The molecule has 1 aliphatic heterocycles. The molecule has 0 aromatic carbocycles. The van der Waals surface area contributed by atoms with Crippen LogP contribution < -0.4 is 0 Å². The van der Waals surface area contributed by atoms with E-state index in [2.05, 4.69) is 15.2 Å². The van der Waals surface area contributed by atoms with Gasteiger partial charge in [0.2, 0.25) is 0 Å². The molecule has 3 heterocycles. The van der Waals surface area contributed by atoms with Gasteiger partial charge >= 0.3 is 6.09 Å². The summed E-state index contributed by atoms with van der Waals surface area (Å²) in [5.41, 5.74) is 0. The maximum Gasteiger partial charge on any atom is 0.409 e. The lowest BCUT2D eigenvalue weighted by Gasteiger charge is -2.31. The van der Waals surface area contributed by atoms with E-state index in [4.69, 9.17) is 4.74 Å². The van der Waals surface area contributed by atoms with Gasteiger partial charge < -0.3 is 18.8 Å². The van der Waals surface area contributed by atoms with Gasteiger partial charge in [-0.3, -0.25) is 0 Å². The summed E-state index contributed by atoms with van der Waals surface area (Å²) in [6, 6.07) is 0. The van der Waals surface area contributed by atoms with Gasteiger partial charge in [-0.2, -0.15) is 0 Å². The zero-order valence-electron chi connectivity index (χ0n) is 14.3. The Labute approximate surface area is 141 Å². The van der Waals surface area contributed by atoms with Gasteiger partial charge in [0.05, 0.1) is 19.5 Å². The first-order valence-corrected chi connectivity index (χ1v) is 8.44. The summed E-state index contributed by atoms with van der Waals surface area (Å²) in [5.74, 6) is 2.01. The maximum absolute atomic E-state index is 12.1. The highest BCUT2D eigenvalue weighted by Crippen LogP contribution is 2.26. The van der Waals surface area contributed by atoms with Crippen molar-refractivity contribution in [3.05, 3.63) is 30.4 Å². The maximum atomic E-state index is 12.1. The predicted octanol–water partition coefficient (Wildman–Crippen LogP) is 1.79. The van der Waals surface area contributed by atoms with Crippen LogP contribution in [0.1, 0.15) is 43.8 Å². The molecule has 2 aromatic rings. The number of amides is 1. The minimum atomic E-state index is -0.220. The second kappa shape index (κ2) is 7.46. The molecule has 8 heteroatoms. The first-order valence-electron chi connectivity index (χ1n) is 8.44. The van der Waals surface area contributed by atoms with Gasteiger partial charge in [0.15, 0.2) is 5.82 Å². The summed E-state index contributed by atoms with van der Waals surface area (Å²) in [5, 5.41) is 8.69. The van der Waals surface area contributed by atoms with Crippen molar-refractivity contribution in [2.24, 2.45) is 7.05 Å². The van der Waals surface area contributed by atoms with Crippen molar-refractivity contribution >= 4 is 6.09 Å². The first-order chi connectivity index (χ1) is 11.7. The van der Waals surface area contributed by atoms with Gasteiger partial charge in [-0.15, -0.1) is 10.2 Å². The fourth-order valence-electron chi connectivity index (χ4n) is 3.05. The molecule has 8 nitrogen and oxygen atoms in total. The molecule has 3 rings (SSSR count). The predicted molar refractivity (Wildman–Crippen MR) is 87.5 cm³/mol. The molecule has 2 aromatic heterocycles. The molecule has 1 unspecified atom stereocenters. The highest BCUT2D eigenvalue weighted by atomic mass is 16.6. The lowest BCUT2D eigenvalue weighted by molar-refractivity contribution is 0.0907. The Morgan fingerprint density at radius 2 is 2.29 bits per heavy atom. The third kappa shape index (κ3) is 3.58. The molecule has 1 fully saturated rings. The second-order valence-electron chi connectivity index (χ2n) is 6.17. The Balaban J connectivity index is 1.67. The van der Waals surface area contributed by atoms with E-state index in [9.17, 15) is 4.79 Å². The number of imidazole rings is 1. The Bertz CT molecular complexity index is 666. The molecule has 1 amide bonds. The van der Waals surface area contributed by atoms with Crippen LogP contribution in [0, 0.1) is 0 Å². The van der Waals surface area contributed by atoms with Crippen molar-refractivity contribution in [1.82, 2.24) is 29.2 Å². The minimum absolute atomic E-state index is 0.196. The van der Waals surface area contributed by atoms with Crippen molar-refractivity contribution in [1.29, 1.82) is 0 Å².